The molecule has 1 atom stereocenters. The summed E-state index contributed by atoms with van der Waals surface area (Å²) >= 11 is 0. The van der Waals surface area contributed by atoms with Crippen molar-refractivity contribution in [2.45, 2.75) is 26.2 Å². The van der Waals surface area contributed by atoms with E-state index in [0.717, 1.165) is 43.3 Å². The van der Waals surface area contributed by atoms with Crippen LogP contribution in [0.3, 0.4) is 0 Å². The molecule has 0 unspecified atom stereocenters. The number of ether oxygens (including phenoxy) is 1. The zero-order valence-corrected chi connectivity index (χ0v) is 14.1. The minimum atomic E-state index is 0.405. The molecule has 130 valence electrons. The fourth-order valence-corrected chi connectivity index (χ4v) is 3.30. The quantitative estimate of drug-likeness (QED) is 0.692. The number of furan rings is 1. The van der Waals surface area contributed by atoms with Gasteiger partial charge in [0.15, 0.2) is 0 Å². The smallest absolute Gasteiger partial charge is 0.122 e. The second-order valence-corrected chi connectivity index (χ2v) is 6.49. The van der Waals surface area contributed by atoms with Crippen LogP contribution in [-0.4, -0.2) is 32.6 Å². The third-order valence-electron chi connectivity index (χ3n) is 4.44. The molecule has 3 aromatic rings. The van der Waals surface area contributed by atoms with E-state index in [1.165, 1.54) is 0 Å². The molecule has 0 radical (unpaired) electrons. The molecule has 0 aromatic carbocycles. The molecule has 0 N–H and O–H groups in total. The number of aromatic nitrogens is 3. The molecule has 4 rings (SSSR count). The molecular formula is C19H22N4O2. The summed E-state index contributed by atoms with van der Waals surface area (Å²) in [6.07, 6.45) is 9.29. The van der Waals surface area contributed by atoms with Crippen LogP contribution in [0.25, 0.3) is 0 Å². The molecule has 25 heavy (non-hydrogen) atoms. The van der Waals surface area contributed by atoms with Gasteiger partial charge in [0.1, 0.15) is 11.6 Å². The highest BCUT2D eigenvalue weighted by Gasteiger charge is 2.23. The Hall–Kier alpha value is -2.44. The molecule has 3 aromatic heterocycles. The van der Waals surface area contributed by atoms with Gasteiger partial charge < -0.3 is 13.7 Å². The van der Waals surface area contributed by atoms with Gasteiger partial charge in [0.05, 0.1) is 32.6 Å². The van der Waals surface area contributed by atoms with Gasteiger partial charge in [-0.05, 0) is 23.8 Å². The standard InChI is InChI=1S/C19H22N4O2/c1-3-16(9-20-5-1)14-24-15-17-10-22(12-18-4-2-8-25-18)13-19-21-6-7-23(19)11-17/h1-9,17H,10-15H2/t17-/m1/s1. The van der Waals surface area contributed by atoms with Crippen LogP contribution in [0.2, 0.25) is 0 Å². The Kier molecular flexibility index (Phi) is 4.90. The predicted octanol–water partition coefficient (Wildman–Crippen LogP) is 2.72. The van der Waals surface area contributed by atoms with E-state index in [0.29, 0.717) is 19.1 Å². The van der Waals surface area contributed by atoms with Crippen LogP contribution >= 0.6 is 0 Å². The largest absolute Gasteiger partial charge is 0.468 e. The van der Waals surface area contributed by atoms with Gasteiger partial charge in [0, 0.05) is 43.8 Å². The van der Waals surface area contributed by atoms with Crippen molar-refractivity contribution >= 4 is 0 Å². The number of fused-ring (bicyclic) bond motifs is 1. The van der Waals surface area contributed by atoms with Crippen molar-refractivity contribution in [1.29, 1.82) is 0 Å². The van der Waals surface area contributed by atoms with Crippen LogP contribution in [0.15, 0.2) is 59.7 Å². The zero-order valence-electron chi connectivity index (χ0n) is 14.1. The molecule has 6 heteroatoms. The lowest BCUT2D eigenvalue weighted by molar-refractivity contribution is 0.0653. The fourth-order valence-electron chi connectivity index (χ4n) is 3.30. The fraction of sp³-hybridized carbons (Fsp3) is 0.368. The van der Waals surface area contributed by atoms with E-state index < -0.39 is 0 Å². The summed E-state index contributed by atoms with van der Waals surface area (Å²) in [5.41, 5.74) is 1.10. The third-order valence-corrected chi connectivity index (χ3v) is 4.44. The molecule has 6 nitrogen and oxygen atoms in total. The Balaban J connectivity index is 1.40. The molecular weight excluding hydrogens is 316 g/mol. The van der Waals surface area contributed by atoms with E-state index in [9.17, 15) is 0 Å². The summed E-state index contributed by atoms with van der Waals surface area (Å²) in [6, 6.07) is 7.93. The zero-order chi connectivity index (χ0) is 16.9. The summed E-state index contributed by atoms with van der Waals surface area (Å²) in [7, 11) is 0. The molecule has 0 bridgehead atoms. The van der Waals surface area contributed by atoms with Crippen molar-refractivity contribution in [1.82, 2.24) is 19.4 Å². The third kappa shape index (κ3) is 4.15. The minimum absolute atomic E-state index is 0.405. The lowest BCUT2D eigenvalue weighted by atomic mass is 10.1. The first-order valence-electron chi connectivity index (χ1n) is 8.58. The van der Waals surface area contributed by atoms with Gasteiger partial charge in [0.25, 0.3) is 0 Å². The number of hydrogen-bond donors (Lipinski definition) is 0. The Labute approximate surface area is 147 Å². The van der Waals surface area contributed by atoms with Gasteiger partial charge in [-0.15, -0.1) is 0 Å². The van der Waals surface area contributed by atoms with Gasteiger partial charge in [-0.2, -0.15) is 0 Å². The van der Waals surface area contributed by atoms with Crippen LogP contribution < -0.4 is 0 Å². The molecule has 0 spiro atoms. The highest BCUT2D eigenvalue weighted by atomic mass is 16.5. The van der Waals surface area contributed by atoms with E-state index in [1.54, 1.807) is 12.5 Å². The van der Waals surface area contributed by atoms with Gasteiger partial charge in [-0.25, -0.2) is 4.98 Å². The summed E-state index contributed by atoms with van der Waals surface area (Å²) in [5.74, 6) is 2.48. The Bertz CT molecular complexity index is 770. The van der Waals surface area contributed by atoms with Crippen molar-refractivity contribution in [3.8, 4) is 0 Å². The molecule has 0 amide bonds. The van der Waals surface area contributed by atoms with Gasteiger partial charge in [0.2, 0.25) is 0 Å². The van der Waals surface area contributed by atoms with Crippen LogP contribution in [0.4, 0.5) is 0 Å². The Morgan fingerprint density at radius 2 is 2.20 bits per heavy atom. The maximum atomic E-state index is 5.97. The number of hydrogen-bond acceptors (Lipinski definition) is 5. The first kappa shape index (κ1) is 16.1. The molecule has 0 saturated carbocycles. The number of rotatable bonds is 6. The van der Waals surface area contributed by atoms with Crippen LogP contribution in [-0.2, 0) is 31.0 Å². The highest BCUT2D eigenvalue weighted by Crippen LogP contribution is 2.18. The average molecular weight is 338 g/mol. The van der Waals surface area contributed by atoms with Gasteiger partial charge in [-0.1, -0.05) is 6.07 Å². The van der Waals surface area contributed by atoms with Gasteiger partial charge >= 0.3 is 0 Å². The SMILES string of the molecule is c1cncc(COC[C@@H]2CN(Cc3ccco3)Cc3nccn3C2)c1. The maximum absolute atomic E-state index is 5.97. The van der Waals surface area contributed by atoms with E-state index in [4.69, 9.17) is 9.15 Å². The summed E-state index contributed by atoms with van der Waals surface area (Å²) in [6.45, 7) is 4.81. The average Bonchev–Trinajstić information content (AvgIpc) is 3.25. The second-order valence-electron chi connectivity index (χ2n) is 6.49. The topological polar surface area (TPSA) is 56.3 Å². The summed E-state index contributed by atoms with van der Waals surface area (Å²) < 4.78 is 13.7. The van der Waals surface area contributed by atoms with Gasteiger partial charge in [-0.3, -0.25) is 9.88 Å². The minimum Gasteiger partial charge on any atom is -0.468 e. The Morgan fingerprint density at radius 1 is 1.20 bits per heavy atom. The lowest BCUT2D eigenvalue weighted by Crippen LogP contribution is -2.30. The van der Waals surface area contributed by atoms with Crippen LogP contribution in [0, 0.1) is 5.92 Å². The molecule has 1 aliphatic rings. The number of pyridine rings is 1. The first-order chi connectivity index (χ1) is 12.4. The van der Waals surface area contributed by atoms with Crippen molar-refractivity contribution in [2.75, 3.05) is 13.2 Å². The van der Waals surface area contributed by atoms with E-state index in [1.807, 2.05) is 36.7 Å². The number of nitrogens with zero attached hydrogens (tertiary/aromatic N) is 4. The van der Waals surface area contributed by atoms with E-state index in [-0.39, 0.29) is 0 Å². The van der Waals surface area contributed by atoms with E-state index in [2.05, 4.69) is 25.6 Å². The predicted molar refractivity (Wildman–Crippen MR) is 92.4 cm³/mol. The van der Waals surface area contributed by atoms with Crippen molar-refractivity contribution in [3.05, 3.63) is 72.5 Å². The van der Waals surface area contributed by atoms with E-state index >= 15 is 0 Å². The molecule has 0 fully saturated rings. The normalized spacial score (nSPS) is 18.0. The maximum Gasteiger partial charge on any atom is 0.122 e. The molecule has 1 aliphatic heterocycles. The summed E-state index contributed by atoms with van der Waals surface area (Å²) in [4.78, 5) is 11.0. The van der Waals surface area contributed by atoms with Crippen molar-refractivity contribution < 1.29 is 9.15 Å². The second kappa shape index (κ2) is 7.63. The monoisotopic (exact) mass is 338 g/mol. The van der Waals surface area contributed by atoms with Crippen LogP contribution in [0.5, 0.6) is 0 Å². The first-order valence-corrected chi connectivity index (χ1v) is 8.58. The Morgan fingerprint density at radius 3 is 3.04 bits per heavy atom. The van der Waals surface area contributed by atoms with Crippen LogP contribution in [0.1, 0.15) is 17.1 Å². The number of imidazole rings is 1. The summed E-state index contributed by atoms with van der Waals surface area (Å²) in [5, 5.41) is 0. The highest BCUT2D eigenvalue weighted by molar-refractivity contribution is 5.06. The van der Waals surface area contributed by atoms with Crippen molar-refractivity contribution in [3.63, 3.8) is 0 Å². The molecule has 4 heterocycles. The van der Waals surface area contributed by atoms with Crippen molar-refractivity contribution in [2.24, 2.45) is 5.92 Å². The molecule has 0 aliphatic carbocycles. The molecule has 0 saturated heterocycles. The lowest BCUT2D eigenvalue weighted by Gasteiger charge is -2.22.